The number of fused-ring (bicyclic) bond motifs is 6. The number of benzene rings is 11. The Balaban J connectivity index is 1.09. The number of nitriles is 5. The van der Waals surface area contributed by atoms with E-state index in [4.69, 9.17) is 9.97 Å². The Bertz CT molecular complexity index is 4650. The van der Waals surface area contributed by atoms with Crippen molar-refractivity contribution in [2.45, 2.75) is 0 Å². The maximum atomic E-state index is 12.1. The van der Waals surface area contributed by atoms with Gasteiger partial charge in [-0.3, -0.25) is 0 Å². The summed E-state index contributed by atoms with van der Waals surface area (Å²) in [5, 5.41) is 54.6. The first-order valence-corrected chi connectivity index (χ1v) is 27.1. The minimum absolute atomic E-state index is 0.401. The summed E-state index contributed by atoms with van der Waals surface area (Å²) in [6, 6.07) is 93.8. The fraction of sp³-hybridized carbons (Fsp3) is 0. The van der Waals surface area contributed by atoms with Crippen molar-refractivity contribution in [1.82, 2.24) is 19.1 Å². The average Bonchev–Trinajstić information content (AvgIpc) is 4.14. The van der Waals surface area contributed by atoms with E-state index in [9.17, 15) is 26.3 Å². The molecule has 11 aromatic carbocycles. The Morgan fingerprint density at radius 1 is 0.250 bits per heavy atom. The maximum Gasteiger partial charge on any atom is 0.160 e. The highest BCUT2D eigenvalue weighted by atomic mass is 15.0. The fourth-order valence-corrected chi connectivity index (χ4v) is 11.5. The van der Waals surface area contributed by atoms with E-state index < -0.39 is 0 Å². The summed E-state index contributed by atoms with van der Waals surface area (Å²) in [4.78, 5) is 10.8. The van der Waals surface area contributed by atoms with Gasteiger partial charge in [-0.05, 0) is 160 Å². The van der Waals surface area contributed by atoms with Crippen LogP contribution in [0.15, 0.2) is 249 Å². The summed E-state index contributed by atoms with van der Waals surface area (Å²) in [5.41, 5.74) is 18.9. The Morgan fingerprint density at radius 2 is 0.536 bits per heavy atom. The Kier molecular flexibility index (Phi) is 12.2. The zero-order valence-electron chi connectivity index (χ0n) is 44.7. The molecule has 14 rings (SSSR count). The molecule has 0 atom stereocenters. The van der Waals surface area contributed by atoms with Crippen LogP contribution in [0.1, 0.15) is 27.8 Å². The van der Waals surface area contributed by atoms with Crippen molar-refractivity contribution in [2.24, 2.45) is 0 Å². The molecule has 3 aromatic heterocycles. The van der Waals surface area contributed by atoms with Crippen LogP contribution < -0.4 is 0 Å². The average molecular weight is 1070 g/mol. The third kappa shape index (κ3) is 8.72. The van der Waals surface area contributed by atoms with Crippen LogP contribution in [0.5, 0.6) is 0 Å². The zero-order valence-corrected chi connectivity index (χ0v) is 44.7. The zero-order chi connectivity index (χ0) is 56.8. The molecule has 0 bridgehead atoms. The van der Waals surface area contributed by atoms with Gasteiger partial charge in [0.25, 0.3) is 0 Å². The number of rotatable bonds is 9. The highest BCUT2D eigenvalue weighted by Gasteiger charge is 2.25. The lowest BCUT2D eigenvalue weighted by Crippen LogP contribution is -2.06. The van der Waals surface area contributed by atoms with Crippen molar-refractivity contribution >= 4 is 43.6 Å². The van der Waals surface area contributed by atoms with Gasteiger partial charge in [0.15, 0.2) is 5.82 Å². The summed E-state index contributed by atoms with van der Waals surface area (Å²) in [6.45, 7) is 0. The molecule has 0 spiro atoms. The second-order valence-corrected chi connectivity index (χ2v) is 20.6. The van der Waals surface area contributed by atoms with Crippen LogP contribution in [0, 0.1) is 56.7 Å². The quantitative estimate of drug-likeness (QED) is 0.139. The van der Waals surface area contributed by atoms with Crippen LogP contribution in [-0.2, 0) is 0 Å². The minimum Gasteiger partial charge on any atom is -0.308 e. The fourth-order valence-electron chi connectivity index (χ4n) is 11.5. The SMILES string of the molecule is N#Cc1ccc(-c2ccc3c(c2)c2cc(-c4ccc(C#N)cc4)ccc2n3-c2cc(-c3nc(-c4ccccc4)cc(-c4ccccc4)n3)cc(-n3c4ccc(-c5ccc(C#N)cc5)cc4c4cc(-c5ccc(C#N)cc5)ccc43)c2C#N)cc1. The van der Waals surface area contributed by atoms with Crippen LogP contribution in [0.2, 0.25) is 0 Å². The summed E-state index contributed by atoms with van der Waals surface area (Å²) in [6.07, 6.45) is 0. The summed E-state index contributed by atoms with van der Waals surface area (Å²) >= 11 is 0. The second-order valence-electron chi connectivity index (χ2n) is 20.6. The van der Waals surface area contributed by atoms with Gasteiger partial charge < -0.3 is 9.13 Å². The third-order valence-corrected chi connectivity index (χ3v) is 15.7. The monoisotopic (exact) mass is 1070 g/mol. The standard InChI is InChI=1S/C75H41N9/c76-42-47-11-19-51(20-12-47)57-27-31-69-62(35-57)63-36-58(52-21-13-48(43-77)14-22-52)28-32-70(63)83(69)73-39-61(75-81-67(55-7-3-1-4-8-55)41-68(82-75)56-9-5-2-6-10-56)40-74(66(73)46-80)84-71-33-29-59(53-23-15-49(44-78)16-24-53)37-64(71)65-38-60(30-34-72(65)84)54-25-17-50(45-79)18-26-54/h1-41H. The normalized spacial score (nSPS) is 11.0. The maximum absolute atomic E-state index is 12.1. The van der Waals surface area contributed by atoms with E-state index in [2.05, 4.69) is 112 Å². The summed E-state index contributed by atoms with van der Waals surface area (Å²) in [5.74, 6) is 0.459. The van der Waals surface area contributed by atoms with Crippen molar-refractivity contribution in [3.05, 3.63) is 277 Å². The van der Waals surface area contributed by atoms with E-state index in [1.165, 1.54) is 0 Å². The lowest BCUT2D eigenvalue weighted by molar-refractivity contribution is 1.11. The lowest BCUT2D eigenvalue weighted by Gasteiger charge is -2.19. The first kappa shape index (κ1) is 49.8. The highest BCUT2D eigenvalue weighted by Crippen LogP contribution is 2.44. The van der Waals surface area contributed by atoms with Crippen LogP contribution in [0.25, 0.3) is 133 Å². The Morgan fingerprint density at radius 3 is 0.810 bits per heavy atom. The van der Waals surface area contributed by atoms with Crippen molar-refractivity contribution in [2.75, 3.05) is 0 Å². The number of aromatic nitrogens is 4. The van der Waals surface area contributed by atoms with E-state index in [0.29, 0.717) is 50.6 Å². The molecule has 9 heteroatoms. The Labute approximate surface area is 483 Å². The van der Waals surface area contributed by atoms with Gasteiger partial charge in [-0.1, -0.05) is 133 Å². The largest absolute Gasteiger partial charge is 0.308 e. The smallest absolute Gasteiger partial charge is 0.160 e. The molecule has 0 amide bonds. The Hall–Kier alpha value is -12.5. The number of nitrogens with zero attached hydrogens (tertiary/aromatic N) is 9. The molecule has 0 saturated heterocycles. The van der Waals surface area contributed by atoms with Gasteiger partial charge in [0.2, 0.25) is 0 Å². The van der Waals surface area contributed by atoms with Crippen LogP contribution in [0.3, 0.4) is 0 Å². The molecule has 0 radical (unpaired) electrons. The first-order chi connectivity index (χ1) is 41.4. The molecular formula is C75H41N9. The minimum atomic E-state index is 0.401. The van der Waals surface area contributed by atoms with Gasteiger partial charge in [0.1, 0.15) is 11.6 Å². The van der Waals surface area contributed by atoms with E-state index in [1.807, 2.05) is 176 Å². The highest BCUT2D eigenvalue weighted by molar-refractivity contribution is 6.14. The van der Waals surface area contributed by atoms with E-state index >= 15 is 0 Å². The predicted molar refractivity (Wildman–Crippen MR) is 332 cm³/mol. The number of hydrogen-bond acceptors (Lipinski definition) is 7. The molecule has 386 valence electrons. The third-order valence-electron chi connectivity index (χ3n) is 15.7. The van der Waals surface area contributed by atoms with Gasteiger partial charge in [-0.15, -0.1) is 0 Å². The van der Waals surface area contributed by atoms with Gasteiger partial charge >= 0.3 is 0 Å². The van der Waals surface area contributed by atoms with E-state index in [1.54, 1.807) is 0 Å². The van der Waals surface area contributed by atoms with Crippen molar-refractivity contribution < 1.29 is 0 Å². The van der Waals surface area contributed by atoms with Crippen LogP contribution >= 0.6 is 0 Å². The van der Waals surface area contributed by atoms with Gasteiger partial charge in [0, 0.05) is 38.2 Å². The molecule has 3 heterocycles. The predicted octanol–water partition coefficient (Wildman–Crippen LogP) is 17.7. The van der Waals surface area contributed by atoms with Crippen LogP contribution in [0.4, 0.5) is 0 Å². The molecule has 0 N–H and O–H groups in total. The molecule has 0 saturated carbocycles. The summed E-state index contributed by atoms with van der Waals surface area (Å²) in [7, 11) is 0. The molecule has 0 aliphatic heterocycles. The second kappa shape index (κ2) is 20.7. The molecule has 0 unspecified atom stereocenters. The van der Waals surface area contributed by atoms with Gasteiger partial charge in [-0.2, -0.15) is 26.3 Å². The molecule has 9 nitrogen and oxygen atoms in total. The molecule has 0 aliphatic carbocycles. The first-order valence-electron chi connectivity index (χ1n) is 27.1. The molecule has 84 heavy (non-hydrogen) atoms. The van der Waals surface area contributed by atoms with Crippen LogP contribution in [-0.4, -0.2) is 19.1 Å². The van der Waals surface area contributed by atoms with Crippen molar-refractivity contribution in [3.8, 4) is 120 Å². The van der Waals surface area contributed by atoms with Crippen molar-refractivity contribution in [1.29, 1.82) is 26.3 Å². The van der Waals surface area contributed by atoms with E-state index in [0.717, 1.165) is 111 Å². The summed E-state index contributed by atoms with van der Waals surface area (Å²) < 4.78 is 4.36. The molecular weight excluding hydrogens is 1030 g/mol. The van der Waals surface area contributed by atoms with Crippen molar-refractivity contribution in [3.63, 3.8) is 0 Å². The molecule has 14 aromatic rings. The lowest BCUT2D eigenvalue weighted by atomic mass is 9.99. The number of hydrogen-bond donors (Lipinski definition) is 0. The van der Waals surface area contributed by atoms with Gasteiger partial charge in [-0.25, -0.2) is 9.97 Å². The van der Waals surface area contributed by atoms with E-state index in [-0.39, 0.29) is 0 Å². The van der Waals surface area contributed by atoms with Gasteiger partial charge in [0.05, 0.1) is 91.4 Å². The molecule has 0 fully saturated rings. The molecule has 0 aliphatic rings. The topological polar surface area (TPSA) is 155 Å².